The Kier molecular flexibility index (Phi) is 4.81. The lowest BCUT2D eigenvalue weighted by Gasteiger charge is -2.12. The molecule has 1 atom stereocenters. The molecule has 0 radical (unpaired) electrons. The van der Waals surface area contributed by atoms with Gasteiger partial charge >= 0.3 is 0 Å². The van der Waals surface area contributed by atoms with E-state index in [0.29, 0.717) is 6.61 Å². The molecule has 0 spiro atoms. The van der Waals surface area contributed by atoms with E-state index in [9.17, 15) is 5.11 Å². The number of rotatable bonds is 7. The fourth-order valence-corrected chi connectivity index (χ4v) is 1.45. The average Bonchev–Trinajstić information content (AvgIpc) is 2.91. The second-order valence-corrected chi connectivity index (χ2v) is 3.87. The molecule has 0 bridgehead atoms. The highest BCUT2D eigenvalue weighted by atomic mass is 16.5. The molecule has 0 aliphatic heterocycles. The topological polar surface area (TPSA) is 51.8 Å². The van der Waals surface area contributed by atoms with Crippen LogP contribution in [0.1, 0.15) is 5.76 Å². The summed E-state index contributed by atoms with van der Waals surface area (Å²) in [5.74, 6) is 1.48. The number of aliphatic hydroxyl groups excluding tert-OH is 1. The van der Waals surface area contributed by atoms with E-state index < -0.39 is 6.10 Å². The minimum absolute atomic E-state index is 0.210. The van der Waals surface area contributed by atoms with Gasteiger partial charge in [-0.25, -0.2) is 0 Å². The number of furan rings is 1. The molecular weight excluding hydrogens is 232 g/mol. The fraction of sp³-hybridized carbons (Fsp3) is 0.286. The largest absolute Gasteiger partial charge is 0.491 e. The second-order valence-electron chi connectivity index (χ2n) is 3.87. The van der Waals surface area contributed by atoms with Crippen LogP contribution in [0.5, 0.6) is 5.75 Å². The number of hydrogen-bond acceptors (Lipinski definition) is 4. The molecule has 96 valence electrons. The summed E-state index contributed by atoms with van der Waals surface area (Å²) in [6.45, 7) is 0.783. The van der Waals surface area contributed by atoms with Crippen molar-refractivity contribution in [1.29, 1.82) is 0 Å². The zero-order chi connectivity index (χ0) is 12.6. The molecule has 1 heterocycles. The van der Waals surface area contributed by atoms with E-state index in [0.717, 1.165) is 11.5 Å². The molecular formula is C14H16O4. The van der Waals surface area contributed by atoms with Gasteiger partial charge in [-0.3, -0.25) is 0 Å². The highest BCUT2D eigenvalue weighted by molar-refractivity contribution is 5.20. The maximum atomic E-state index is 9.66. The fourth-order valence-electron chi connectivity index (χ4n) is 1.45. The molecule has 1 aromatic carbocycles. The number of para-hydroxylation sites is 1. The molecule has 0 aliphatic rings. The van der Waals surface area contributed by atoms with Crippen molar-refractivity contribution < 1.29 is 19.0 Å². The van der Waals surface area contributed by atoms with Crippen LogP contribution in [-0.2, 0) is 11.3 Å². The van der Waals surface area contributed by atoms with Crippen molar-refractivity contribution in [2.45, 2.75) is 12.7 Å². The Bertz CT molecular complexity index is 424. The van der Waals surface area contributed by atoms with Gasteiger partial charge in [0.25, 0.3) is 0 Å². The zero-order valence-electron chi connectivity index (χ0n) is 9.99. The number of benzene rings is 1. The quantitative estimate of drug-likeness (QED) is 0.816. The van der Waals surface area contributed by atoms with Crippen LogP contribution in [0.3, 0.4) is 0 Å². The van der Waals surface area contributed by atoms with E-state index in [4.69, 9.17) is 13.9 Å². The van der Waals surface area contributed by atoms with Crippen molar-refractivity contribution >= 4 is 0 Å². The predicted octanol–water partition coefficient (Wildman–Crippen LogP) is 2.24. The molecule has 1 N–H and O–H groups in total. The van der Waals surface area contributed by atoms with Gasteiger partial charge in [-0.15, -0.1) is 0 Å². The van der Waals surface area contributed by atoms with Gasteiger partial charge in [-0.2, -0.15) is 0 Å². The first-order chi connectivity index (χ1) is 8.84. The maximum Gasteiger partial charge on any atom is 0.129 e. The maximum absolute atomic E-state index is 9.66. The van der Waals surface area contributed by atoms with Crippen LogP contribution in [0.15, 0.2) is 53.1 Å². The molecule has 4 heteroatoms. The summed E-state index contributed by atoms with van der Waals surface area (Å²) < 4.78 is 15.8. The first-order valence-corrected chi connectivity index (χ1v) is 5.80. The summed E-state index contributed by atoms with van der Waals surface area (Å²) in [4.78, 5) is 0. The summed E-state index contributed by atoms with van der Waals surface area (Å²) in [6.07, 6.45) is 0.938. The monoisotopic (exact) mass is 248 g/mol. The van der Waals surface area contributed by atoms with Gasteiger partial charge in [0.15, 0.2) is 0 Å². The standard InChI is InChI=1S/C14H16O4/c15-12(9-16-11-14-7-4-8-17-14)10-18-13-5-2-1-3-6-13/h1-8,12,15H,9-11H2. The molecule has 2 rings (SSSR count). The number of hydrogen-bond donors (Lipinski definition) is 1. The summed E-state index contributed by atoms with van der Waals surface area (Å²) in [5.41, 5.74) is 0. The lowest BCUT2D eigenvalue weighted by molar-refractivity contribution is 0.000880. The second kappa shape index (κ2) is 6.83. The third-order valence-electron chi connectivity index (χ3n) is 2.32. The Morgan fingerprint density at radius 1 is 1.06 bits per heavy atom. The van der Waals surface area contributed by atoms with Crippen LogP contribution in [0, 0.1) is 0 Å². The van der Waals surface area contributed by atoms with Crippen LogP contribution < -0.4 is 4.74 Å². The lowest BCUT2D eigenvalue weighted by atomic mass is 10.3. The van der Waals surface area contributed by atoms with Crippen molar-refractivity contribution in [3.8, 4) is 5.75 Å². The van der Waals surface area contributed by atoms with Crippen molar-refractivity contribution in [3.63, 3.8) is 0 Å². The van der Waals surface area contributed by atoms with E-state index in [1.807, 2.05) is 36.4 Å². The van der Waals surface area contributed by atoms with Crippen molar-refractivity contribution in [3.05, 3.63) is 54.5 Å². The minimum Gasteiger partial charge on any atom is -0.491 e. The molecule has 0 saturated carbocycles. The molecule has 0 fully saturated rings. The van der Waals surface area contributed by atoms with Gasteiger partial charge in [0.1, 0.15) is 30.8 Å². The molecule has 4 nitrogen and oxygen atoms in total. The molecule has 0 aliphatic carbocycles. The SMILES string of the molecule is OC(COCc1ccco1)COc1ccccc1. The smallest absolute Gasteiger partial charge is 0.129 e. The molecule has 0 amide bonds. The molecule has 1 aromatic heterocycles. The van der Waals surface area contributed by atoms with Gasteiger partial charge in [-0.1, -0.05) is 18.2 Å². The van der Waals surface area contributed by atoms with Crippen LogP contribution in [-0.4, -0.2) is 24.4 Å². The van der Waals surface area contributed by atoms with Crippen molar-refractivity contribution in [2.24, 2.45) is 0 Å². The Labute approximate surface area is 106 Å². The first kappa shape index (κ1) is 12.7. The van der Waals surface area contributed by atoms with Gasteiger partial charge in [-0.05, 0) is 24.3 Å². The molecule has 2 aromatic rings. The summed E-state index contributed by atoms with van der Waals surface area (Å²) in [7, 11) is 0. The summed E-state index contributed by atoms with van der Waals surface area (Å²) in [6, 6.07) is 13.0. The van der Waals surface area contributed by atoms with Crippen LogP contribution in [0.2, 0.25) is 0 Å². The van der Waals surface area contributed by atoms with Crippen molar-refractivity contribution in [1.82, 2.24) is 0 Å². The highest BCUT2D eigenvalue weighted by Gasteiger charge is 2.06. The van der Waals surface area contributed by atoms with Crippen LogP contribution in [0.25, 0.3) is 0 Å². The predicted molar refractivity (Wildman–Crippen MR) is 66.3 cm³/mol. The van der Waals surface area contributed by atoms with E-state index in [-0.39, 0.29) is 13.2 Å². The average molecular weight is 248 g/mol. The van der Waals surface area contributed by atoms with Crippen LogP contribution in [0.4, 0.5) is 0 Å². The molecule has 18 heavy (non-hydrogen) atoms. The van der Waals surface area contributed by atoms with E-state index >= 15 is 0 Å². The molecule has 0 saturated heterocycles. The van der Waals surface area contributed by atoms with Gasteiger partial charge in [0.05, 0.1) is 12.9 Å². The first-order valence-electron chi connectivity index (χ1n) is 5.80. The number of ether oxygens (including phenoxy) is 2. The minimum atomic E-state index is -0.653. The van der Waals surface area contributed by atoms with E-state index in [2.05, 4.69) is 0 Å². The molecule has 1 unspecified atom stereocenters. The van der Waals surface area contributed by atoms with Gasteiger partial charge in [0.2, 0.25) is 0 Å². The third-order valence-corrected chi connectivity index (χ3v) is 2.32. The van der Waals surface area contributed by atoms with Crippen LogP contribution >= 0.6 is 0 Å². The zero-order valence-corrected chi connectivity index (χ0v) is 9.99. The third kappa shape index (κ3) is 4.24. The normalized spacial score (nSPS) is 12.3. The Morgan fingerprint density at radius 2 is 1.89 bits per heavy atom. The number of aliphatic hydroxyl groups is 1. The summed E-state index contributed by atoms with van der Waals surface area (Å²) >= 11 is 0. The van der Waals surface area contributed by atoms with Gasteiger partial charge in [0, 0.05) is 0 Å². The highest BCUT2D eigenvalue weighted by Crippen LogP contribution is 2.08. The lowest BCUT2D eigenvalue weighted by Crippen LogP contribution is -2.23. The van der Waals surface area contributed by atoms with Gasteiger partial charge < -0.3 is 19.0 Å². The Morgan fingerprint density at radius 3 is 2.61 bits per heavy atom. The van der Waals surface area contributed by atoms with E-state index in [1.165, 1.54) is 0 Å². The Hall–Kier alpha value is -1.78. The van der Waals surface area contributed by atoms with Crippen molar-refractivity contribution in [2.75, 3.05) is 13.2 Å². The van der Waals surface area contributed by atoms with E-state index in [1.54, 1.807) is 12.3 Å². The Balaban J connectivity index is 1.62. The summed E-state index contributed by atoms with van der Waals surface area (Å²) in [5, 5.41) is 9.66.